The minimum atomic E-state index is -1.01. The van der Waals surface area contributed by atoms with Crippen LogP contribution in [0.4, 0.5) is 0 Å². The Morgan fingerprint density at radius 1 is 1.45 bits per heavy atom. The number of hydrogen-bond donors (Lipinski definition) is 2. The van der Waals surface area contributed by atoms with Crippen molar-refractivity contribution in [1.82, 2.24) is 10.3 Å². The molecule has 0 radical (unpaired) electrons. The van der Waals surface area contributed by atoms with E-state index in [4.69, 9.17) is 5.11 Å². The van der Waals surface area contributed by atoms with Crippen molar-refractivity contribution in [3.63, 3.8) is 0 Å². The monoisotopic (exact) mass is 296 g/mol. The first kappa shape index (κ1) is 15.0. The van der Waals surface area contributed by atoms with Crippen LogP contribution in [0.2, 0.25) is 0 Å². The number of thiazole rings is 1. The van der Waals surface area contributed by atoms with E-state index in [2.05, 4.69) is 10.3 Å². The lowest BCUT2D eigenvalue weighted by Gasteiger charge is -2.17. The molecule has 2 N–H and O–H groups in total. The van der Waals surface area contributed by atoms with Gasteiger partial charge in [0.1, 0.15) is 10.9 Å². The van der Waals surface area contributed by atoms with Gasteiger partial charge in [0, 0.05) is 6.42 Å². The number of carbonyl (C=O) groups excluding carboxylic acids is 1. The summed E-state index contributed by atoms with van der Waals surface area (Å²) in [4.78, 5) is 28.3. The van der Waals surface area contributed by atoms with E-state index < -0.39 is 12.0 Å². The smallest absolute Gasteiger partial charge is 0.326 e. The number of nitrogens with one attached hydrogen (secondary N) is 1. The number of hydrogen-bond acceptors (Lipinski definition) is 4. The molecule has 1 amide bonds. The third-order valence-electron chi connectivity index (χ3n) is 3.43. The number of amides is 1. The van der Waals surface area contributed by atoms with Gasteiger partial charge in [-0.25, -0.2) is 9.78 Å². The zero-order valence-electron chi connectivity index (χ0n) is 12.0. The Balaban J connectivity index is 2.07. The fourth-order valence-electron chi connectivity index (χ4n) is 2.04. The number of carboxylic acids is 1. The highest BCUT2D eigenvalue weighted by Gasteiger charge is 2.27. The molecule has 110 valence electrons. The van der Waals surface area contributed by atoms with Gasteiger partial charge in [0.05, 0.1) is 10.7 Å². The largest absolute Gasteiger partial charge is 0.480 e. The predicted molar refractivity (Wildman–Crippen MR) is 77.0 cm³/mol. The zero-order chi connectivity index (χ0) is 14.9. The minimum absolute atomic E-state index is 0.157. The molecule has 1 atom stereocenters. The van der Waals surface area contributed by atoms with Crippen LogP contribution in [0, 0.1) is 18.8 Å². The summed E-state index contributed by atoms with van der Waals surface area (Å²) in [7, 11) is 0. The molecule has 1 aliphatic carbocycles. The molecule has 0 spiro atoms. The predicted octanol–water partition coefficient (Wildman–Crippen LogP) is 2.24. The van der Waals surface area contributed by atoms with Crippen molar-refractivity contribution in [3.05, 3.63) is 15.6 Å². The molecule has 1 aliphatic rings. The van der Waals surface area contributed by atoms with Crippen LogP contribution in [0.3, 0.4) is 0 Å². The lowest BCUT2D eigenvalue weighted by atomic mass is 10.0. The molecule has 1 aromatic rings. The van der Waals surface area contributed by atoms with Crippen molar-refractivity contribution >= 4 is 23.2 Å². The summed E-state index contributed by atoms with van der Waals surface area (Å²) in [6, 6.07) is -0.865. The van der Waals surface area contributed by atoms with E-state index in [1.54, 1.807) is 20.8 Å². The van der Waals surface area contributed by atoms with Crippen LogP contribution >= 0.6 is 11.3 Å². The molecular weight excluding hydrogens is 276 g/mol. The van der Waals surface area contributed by atoms with Gasteiger partial charge in [0.15, 0.2) is 0 Å². The SMILES string of the molecule is Cc1nc(CC2CC2)sc1C(=O)N[C@@H](C(=O)O)C(C)C. The Bertz CT molecular complexity index is 520. The van der Waals surface area contributed by atoms with Crippen LogP contribution in [-0.2, 0) is 11.2 Å². The summed E-state index contributed by atoms with van der Waals surface area (Å²) >= 11 is 1.39. The molecule has 0 saturated heterocycles. The molecule has 0 bridgehead atoms. The first-order valence-electron chi connectivity index (χ1n) is 6.88. The van der Waals surface area contributed by atoms with Crippen molar-refractivity contribution in [3.8, 4) is 0 Å². The number of carbonyl (C=O) groups is 2. The van der Waals surface area contributed by atoms with Gasteiger partial charge in [-0.15, -0.1) is 11.3 Å². The Morgan fingerprint density at radius 3 is 2.60 bits per heavy atom. The van der Waals surface area contributed by atoms with Gasteiger partial charge >= 0.3 is 5.97 Å². The van der Waals surface area contributed by atoms with E-state index in [0.717, 1.165) is 17.3 Å². The number of carboxylic acid groups (broad SMARTS) is 1. The van der Waals surface area contributed by atoms with E-state index in [1.807, 2.05) is 0 Å². The van der Waals surface area contributed by atoms with Crippen LogP contribution in [0.1, 0.15) is 47.1 Å². The molecule has 1 fully saturated rings. The van der Waals surface area contributed by atoms with E-state index in [1.165, 1.54) is 24.2 Å². The molecule has 1 heterocycles. The Kier molecular flexibility index (Phi) is 4.42. The van der Waals surface area contributed by atoms with E-state index in [0.29, 0.717) is 10.6 Å². The van der Waals surface area contributed by atoms with Gasteiger partial charge in [-0.2, -0.15) is 0 Å². The normalized spacial score (nSPS) is 16.2. The quantitative estimate of drug-likeness (QED) is 0.844. The summed E-state index contributed by atoms with van der Waals surface area (Å²) in [5.41, 5.74) is 0.691. The Labute approximate surface area is 122 Å². The van der Waals surface area contributed by atoms with Crippen molar-refractivity contribution < 1.29 is 14.7 Å². The minimum Gasteiger partial charge on any atom is -0.480 e. The summed E-state index contributed by atoms with van der Waals surface area (Å²) < 4.78 is 0. The van der Waals surface area contributed by atoms with Crippen molar-refractivity contribution in [1.29, 1.82) is 0 Å². The standard InChI is InChI=1S/C14H20N2O3S/c1-7(2)11(14(18)19)16-13(17)12-8(3)15-10(20-12)6-9-4-5-9/h7,9,11H,4-6H2,1-3H3,(H,16,17)(H,18,19)/t11-/m1/s1. The maximum absolute atomic E-state index is 12.2. The Morgan fingerprint density at radius 2 is 2.10 bits per heavy atom. The lowest BCUT2D eigenvalue weighted by Crippen LogP contribution is -2.44. The van der Waals surface area contributed by atoms with Crippen LogP contribution in [-0.4, -0.2) is 28.0 Å². The second-order valence-electron chi connectivity index (χ2n) is 5.70. The summed E-state index contributed by atoms with van der Waals surface area (Å²) in [6.07, 6.45) is 3.43. The maximum atomic E-state index is 12.2. The highest BCUT2D eigenvalue weighted by Crippen LogP contribution is 2.34. The van der Waals surface area contributed by atoms with Gasteiger partial charge in [-0.05, 0) is 31.6 Å². The molecule has 6 heteroatoms. The van der Waals surface area contributed by atoms with Gasteiger partial charge in [-0.1, -0.05) is 13.8 Å². The number of aryl methyl sites for hydroxylation is 1. The van der Waals surface area contributed by atoms with Gasteiger partial charge in [-0.3, -0.25) is 4.79 Å². The average molecular weight is 296 g/mol. The van der Waals surface area contributed by atoms with E-state index in [-0.39, 0.29) is 11.8 Å². The van der Waals surface area contributed by atoms with Gasteiger partial charge < -0.3 is 10.4 Å². The summed E-state index contributed by atoms with van der Waals surface area (Å²) in [5, 5.41) is 12.7. The zero-order valence-corrected chi connectivity index (χ0v) is 12.8. The first-order valence-corrected chi connectivity index (χ1v) is 7.70. The van der Waals surface area contributed by atoms with Crippen molar-refractivity contribution in [2.24, 2.45) is 11.8 Å². The van der Waals surface area contributed by atoms with Gasteiger partial charge in [0.2, 0.25) is 0 Å². The van der Waals surface area contributed by atoms with Crippen molar-refractivity contribution in [2.75, 3.05) is 0 Å². The fraction of sp³-hybridized carbons (Fsp3) is 0.643. The average Bonchev–Trinajstić information content (AvgIpc) is 3.07. The molecule has 1 aromatic heterocycles. The van der Waals surface area contributed by atoms with E-state index in [9.17, 15) is 9.59 Å². The lowest BCUT2D eigenvalue weighted by molar-refractivity contribution is -0.140. The van der Waals surface area contributed by atoms with Crippen LogP contribution in [0.5, 0.6) is 0 Å². The summed E-state index contributed by atoms with van der Waals surface area (Å²) in [5.74, 6) is -0.772. The van der Waals surface area contributed by atoms with Crippen molar-refractivity contribution in [2.45, 2.75) is 46.1 Å². The molecule has 0 aromatic carbocycles. The molecule has 0 aliphatic heterocycles. The highest BCUT2D eigenvalue weighted by atomic mass is 32.1. The molecular formula is C14H20N2O3S. The second-order valence-corrected chi connectivity index (χ2v) is 6.79. The third-order valence-corrected chi connectivity index (χ3v) is 4.61. The molecule has 2 rings (SSSR count). The van der Waals surface area contributed by atoms with Crippen LogP contribution in [0.15, 0.2) is 0 Å². The molecule has 0 unspecified atom stereocenters. The number of aromatic nitrogens is 1. The fourth-order valence-corrected chi connectivity index (χ4v) is 3.12. The van der Waals surface area contributed by atoms with Crippen LogP contribution in [0.25, 0.3) is 0 Å². The highest BCUT2D eigenvalue weighted by molar-refractivity contribution is 7.13. The topological polar surface area (TPSA) is 79.3 Å². The van der Waals surface area contributed by atoms with Gasteiger partial charge in [0.25, 0.3) is 5.91 Å². The first-order chi connectivity index (χ1) is 9.38. The summed E-state index contributed by atoms with van der Waals surface area (Å²) in [6.45, 7) is 5.35. The molecule has 1 saturated carbocycles. The number of aliphatic carboxylic acids is 1. The number of rotatable bonds is 6. The Hall–Kier alpha value is -1.43. The molecule has 5 nitrogen and oxygen atoms in total. The third kappa shape index (κ3) is 3.56. The van der Waals surface area contributed by atoms with Crippen LogP contribution < -0.4 is 5.32 Å². The number of nitrogens with zero attached hydrogens (tertiary/aromatic N) is 1. The molecule has 20 heavy (non-hydrogen) atoms. The second kappa shape index (κ2) is 5.91. The maximum Gasteiger partial charge on any atom is 0.326 e. The van der Waals surface area contributed by atoms with E-state index >= 15 is 0 Å².